The fourth-order valence-electron chi connectivity index (χ4n) is 4.37. The molecule has 166 valence electrons. The van der Waals surface area contributed by atoms with Crippen molar-refractivity contribution in [1.82, 2.24) is 4.90 Å². The van der Waals surface area contributed by atoms with Crippen LogP contribution in [-0.2, 0) is 16.7 Å². The van der Waals surface area contributed by atoms with Crippen molar-refractivity contribution in [3.8, 4) is 0 Å². The maximum absolute atomic E-state index is 12.0. The van der Waals surface area contributed by atoms with Gasteiger partial charge in [0.2, 0.25) is 0 Å². The number of hydrogen-bond donors (Lipinski definition) is 2. The van der Waals surface area contributed by atoms with E-state index >= 15 is 0 Å². The molecule has 0 aromatic heterocycles. The van der Waals surface area contributed by atoms with Gasteiger partial charge in [-0.2, -0.15) is 0 Å². The zero-order valence-corrected chi connectivity index (χ0v) is 19.1. The van der Waals surface area contributed by atoms with E-state index in [1.54, 1.807) is 24.3 Å². The SMILES string of the molecule is O=S([O-])c1ccc(NC(=S)N2CCC(C(O)(c3ccccc3)c3ccccc3)CC2)cc1. The second-order valence-electron chi connectivity index (χ2n) is 7.95. The van der Waals surface area contributed by atoms with Crippen molar-refractivity contribution in [2.75, 3.05) is 18.4 Å². The lowest BCUT2D eigenvalue weighted by atomic mass is 9.72. The fraction of sp³-hybridized carbons (Fsp3) is 0.240. The molecule has 4 rings (SSSR count). The smallest absolute Gasteiger partial charge is 0.173 e. The van der Waals surface area contributed by atoms with Crippen LogP contribution < -0.4 is 5.32 Å². The molecule has 3 aromatic rings. The van der Waals surface area contributed by atoms with Crippen LogP contribution in [0.1, 0.15) is 24.0 Å². The summed E-state index contributed by atoms with van der Waals surface area (Å²) in [4.78, 5) is 2.34. The molecule has 0 saturated carbocycles. The second-order valence-corrected chi connectivity index (χ2v) is 9.28. The minimum Gasteiger partial charge on any atom is -0.768 e. The number of piperidine rings is 1. The number of aliphatic hydroxyl groups is 1. The standard InChI is InChI=1S/C25H26N2O3S2/c28-25(19-7-3-1-4-8-19,20-9-5-2-6-10-20)21-15-17-27(18-16-21)24(31)26-22-11-13-23(14-12-22)32(29)30/h1-14,21,28H,15-18H2,(H,26,31)(H,29,30)/p-1. The van der Waals surface area contributed by atoms with Gasteiger partial charge >= 0.3 is 0 Å². The molecule has 1 aliphatic heterocycles. The van der Waals surface area contributed by atoms with Gasteiger partial charge < -0.3 is 19.9 Å². The highest BCUT2D eigenvalue weighted by Gasteiger charge is 2.41. The lowest BCUT2D eigenvalue weighted by molar-refractivity contribution is -0.00631. The third kappa shape index (κ3) is 4.76. The van der Waals surface area contributed by atoms with Crippen molar-refractivity contribution in [3.63, 3.8) is 0 Å². The molecule has 0 radical (unpaired) electrons. The Morgan fingerprint density at radius 1 is 0.938 bits per heavy atom. The lowest BCUT2D eigenvalue weighted by Gasteiger charge is -2.43. The molecular weight excluding hydrogens is 440 g/mol. The zero-order valence-electron chi connectivity index (χ0n) is 17.5. The van der Waals surface area contributed by atoms with Crippen LogP contribution >= 0.6 is 12.2 Å². The van der Waals surface area contributed by atoms with E-state index in [-0.39, 0.29) is 10.8 Å². The quantitative estimate of drug-likeness (QED) is 0.433. The van der Waals surface area contributed by atoms with E-state index in [1.807, 2.05) is 60.7 Å². The van der Waals surface area contributed by atoms with Crippen LogP contribution in [0.15, 0.2) is 89.8 Å². The molecule has 0 spiro atoms. The van der Waals surface area contributed by atoms with Gasteiger partial charge in [0.15, 0.2) is 5.11 Å². The van der Waals surface area contributed by atoms with E-state index in [0.717, 1.165) is 42.7 Å². The summed E-state index contributed by atoms with van der Waals surface area (Å²) in [6.07, 6.45) is 1.58. The number of rotatable bonds is 5. The number of likely N-dealkylation sites (tertiary alicyclic amines) is 1. The molecule has 0 amide bonds. The summed E-state index contributed by atoms with van der Waals surface area (Å²) in [6.45, 7) is 1.45. The van der Waals surface area contributed by atoms with Crippen LogP contribution in [0.3, 0.4) is 0 Å². The van der Waals surface area contributed by atoms with E-state index in [1.165, 1.54) is 0 Å². The van der Waals surface area contributed by atoms with E-state index in [0.29, 0.717) is 5.11 Å². The Bertz CT molecular complexity index is 1030. The van der Waals surface area contributed by atoms with Crippen LogP contribution in [0, 0.1) is 5.92 Å². The minimum atomic E-state index is -2.24. The predicted molar refractivity (Wildman–Crippen MR) is 130 cm³/mol. The molecule has 1 heterocycles. The van der Waals surface area contributed by atoms with Crippen molar-refractivity contribution in [1.29, 1.82) is 0 Å². The largest absolute Gasteiger partial charge is 0.768 e. The van der Waals surface area contributed by atoms with E-state index < -0.39 is 16.7 Å². The van der Waals surface area contributed by atoms with Gasteiger partial charge in [0, 0.05) is 23.7 Å². The molecule has 1 atom stereocenters. The molecule has 5 nitrogen and oxygen atoms in total. The first-order valence-corrected chi connectivity index (χ1v) is 12.1. The molecule has 2 N–H and O–H groups in total. The number of benzene rings is 3. The number of nitrogens with one attached hydrogen (secondary N) is 1. The van der Waals surface area contributed by atoms with Crippen LogP contribution in [0.25, 0.3) is 0 Å². The topological polar surface area (TPSA) is 75.6 Å². The Hall–Kier alpha value is -2.58. The molecule has 1 aliphatic rings. The maximum Gasteiger partial charge on any atom is 0.173 e. The number of thiocarbonyl (C=S) groups is 1. The highest BCUT2D eigenvalue weighted by molar-refractivity contribution is 7.80. The number of hydrogen-bond acceptors (Lipinski definition) is 4. The van der Waals surface area contributed by atoms with E-state index in [9.17, 15) is 13.9 Å². The third-order valence-corrected chi connectivity index (χ3v) is 7.12. The summed E-state index contributed by atoms with van der Waals surface area (Å²) in [5, 5.41) is 15.8. The molecule has 3 aromatic carbocycles. The molecule has 7 heteroatoms. The lowest BCUT2D eigenvalue weighted by Crippen LogP contribution is -2.47. The van der Waals surface area contributed by atoms with Crippen LogP contribution in [0.4, 0.5) is 5.69 Å². The van der Waals surface area contributed by atoms with Crippen molar-refractivity contribution >= 4 is 34.1 Å². The Balaban J connectivity index is 1.46. The summed E-state index contributed by atoms with van der Waals surface area (Å²) in [7, 11) is 0. The Labute approximate surface area is 196 Å². The highest BCUT2D eigenvalue weighted by Crippen LogP contribution is 2.41. The van der Waals surface area contributed by atoms with Gasteiger partial charge in [-0.25, -0.2) is 0 Å². The normalized spacial score (nSPS) is 15.9. The fourth-order valence-corrected chi connectivity index (χ4v) is 5.03. The molecule has 1 saturated heterocycles. The molecule has 1 fully saturated rings. The van der Waals surface area contributed by atoms with Crippen molar-refractivity contribution in [2.24, 2.45) is 5.92 Å². The average molecular weight is 466 g/mol. The molecule has 1 unspecified atom stereocenters. The first kappa shape index (κ1) is 22.6. The zero-order chi connectivity index (χ0) is 22.6. The summed E-state index contributed by atoms with van der Waals surface area (Å²) >= 11 is 3.35. The predicted octanol–water partition coefficient (Wildman–Crippen LogP) is 4.27. The monoisotopic (exact) mass is 465 g/mol. The van der Waals surface area contributed by atoms with Crippen molar-refractivity contribution in [3.05, 3.63) is 96.1 Å². The van der Waals surface area contributed by atoms with Crippen LogP contribution in [-0.4, -0.2) is 37.0 Å². The van der Waals surface area contributed by atoms with E-state index in [2.05, 4.69) is 10.2 Å². The Morgan fingerprint density at radius 2 is 1.44 bits per heavy atom. The summed E-state index contributed by atoms with van der Waals surface area (Å²) in [6, 6.07) is 26.2. The van der Waals surface area contributed by atoms with E-state index in [4.69, 9.17) is 12.2 Å². The molecule has 0 aliphatic carbocycles. The van der Waals surface area contributed by atoms with Gasteiger partial charge in [-0.15, -0.1) is 0 Å². The summed E-state index contributed by atoms with van der Waals surface area (Å²) < 4.78 is 22.0. The second kappa shape index (κ2) is 9.92. The first-order chi connectivity index (χ1) is 15.5. The third-order valence-electron chi connectivity index (χ3n) is 6.10. The van der Waals surface area contributed by atoms with Crippen molar-refractivity contribution in [2.45, 2.75) is 23.3 Å². The Morgan fingerprint density at radius 3 is 1.91 bits per heavy atom. The summed E-state index contributed by atoms with van der Waals surface area (Å²) in [5.41, 5.74) is 1.49. The first-order valence-electron chi connectivity index (χ1n) is 10.6. The minimum absolute atomic E-state index is 0.0534. The van der Waals surface area contributed by atoms with Gasteiger partial charge in [-0.3, -0.25) is 4.21 Å². The summed E-state index contributed by atoms with van der Waals surface area (Å²) in [5.74, 6) is 0.0534. The van der Waals surface area contributed by atoms with Gasteiger partial charge in [-0.1, -0.05) is 60.7 Å². The van der Waals surface area contributed by atoms with Gasteiger partial charge in [0.05, 0.1) is 0 Å². The van der Waals surface area contributed by atoms with Crippen LogP contribution in [0.2, 0.25) is 0 Å². The van der Waals surface area contributed by atoms with Gasteiger partial charge in [0.25, 0.3) is 0 Å². The molecule has 0 bridgehead atoms. The van der Waals surface area contributed by atoms with Gasteiger partial charge in [0.1, 0.15) is 5.60 Å². The Kier molecular flexibility index (Phi) is 7.01. The number of nitrogens with zero attached hydrogens (tertiary/aromatic N) is 1. The molecule has 32 heavy (non-hydrogen) atoms. The van der Waals surface area contributed by atoms with Gasteiger partial charge in [-0.05, 0) is 77.5 Å². The van der Waals surface area contributed by atoms with Crippen LogP contribution in [0.5, 0.6) is 0 Å². The molecular formula is C25H25N2O3S2-. The maximum atomic E-state index is 12.0. The number of anilines is 1. The average Bonchev–Trinajstić information content (AvgIpc) is 2.85. The highest BCUT2D eigenvalue weighted by atomic mass is 32.2. The van der Waals surface area contributed by atoms with Crippen molar-refractivity contribution < 1.29 is 13.9 Å².